The second-order valence-corrected chi connectivity index (χ2v) is 2.29. The summed E-state index contributed by atoms with van der Waals surface area (Å²) in [5.41, 5.74) is 0. The highest BCUT2D eigenvalue weighted by Gasteiger charge is 2.14. The summed E-state index contributed by atoms with van der Waals surface area (Å²) in [7, 11) is 0. The maximum absolute atomic E-state index is 12.7. The predicted molar refractivity (Wildman–Crippen MR) is 37.0 cm³/mol. The van der Waals surface area contributed by atoms with Gasteiger partial charge in [0.15, 0.2) is 0 Å². The number of halogens is 1. The van der Waals surface area contributed by atoms with Gasteiger partial charge in [0.25, 0.3) is 0 Å². The van der Waals surface area contributed by atoms with Crippen LogP contribution in [-0.2, 0) is 0 Å². The second-order valence-electron chi connectivity index (χ2n) is 2.29. The molecule has 1 rings (SSSR count). The van der Waals surface area contributed by atoms with Gasteiger partial charge in [-0.2, -0.15) is 0 Å². The molecule has 0 aliphatic heterocycles. The van der Waals surface area contributed by atoms with Gasteiger partial charge in [0, 0.05) is 5.92 Å². The Morgan fingerprint density at radius 3 is 2.44 bits per heavy atom. The largest absolute Gasteiger partial charge is 0.242 e. The van der Waals surface area contributed by atoms with Crippen LogP contribution in [0.5, 0.6) is 0 Å². The molecule has 0 bridgehead atoms. The van der Waals surface area contributed by atoms with Gasteiger partial charge in [0.1, 0.15) is 6.17 Å². The summed E-state index contributed by atoms with van der Waals surface area (Å²) in [5.74, 6) is 0.120. The Labute approximate surface area is 55.1 Å². The van der Waals surface area contributed by atoms with Crippen molar-refractivity contribution in [2.24, 2.45) is 5.92 Å². The van der Waals surface area contributed by atoms with Crippen LogP contribution >= 0.6 is 0 Å². The molecule has 0 saturated heterocycles. The van der Waals surface area contributed by atoms with E-state index in [2.05, 4.69) is 0 Å². The average Bonchev–Trinajstić information content (AvgIpc) is 1.89. The van der Waals surface area contributed by atoms with Crippen LogP contribution in [0.4, 0.5) is 4.39 Å². The Morgan fingerprint density at radius 1 is 1.33 bits per heavy atom. The fraction of sp³-hybridized carbons (Fsp3) is 0.500. The van der Waals surface area contributed by atoms with Gasteiger partial charge in [-0.15, -0.1) is 0 Å². The van der Waals surface area contributed by atoms with Crippen molar-refractivity contribution < 1.29 is 4.39 Å². The lowest BCUT2D eigenvalue weighted by atomic mass is 9.97. The number of alkyl halides is 1. The van der Waals surface area contributed by atoms with E-state index in [4.69, 9.17) is 0 Å². The lowest BCUT2D eigenvalue weighted by Gasteiger charge is -2.13. The van der Waals surface area contributed by atoms with E-state index in [1.165, 1.54) is 0 Å². The first-order valence-electron chi connectivity index (χ1n) is 3.33. The van der Waals surface area contributed by atoms with Gasteiger partial charge in [-0.05, 0) is 6.42 Å². The molecule has 0 aromatic carbocycles. The fourth-order valence-electron chi connectivity index (χ4n) is 0.987. The summed E-state index contributed by atoms with van der Waals surface area (Å²) in [4.78, 5) is 0. The lowest BCUT2D eigenvalue weighted by Crippen LogP contribution is -2.11. The Balaban J connectivity index is 2.55. The highest BCUT2D eigenvalue weighted by Crippen LogP contribution is 2.18. The van der Waals surface area contributed by atoms with Crippen LogP contribution in [0, 0.1) is 5.92 Å². The smallest absolute Gasteiger partial charge is 0.125 e. The minimum Gasteiger partial charge on any atom is -0.242 e. The van der Waals surface area contributed by atoms with Crippen molar-refractivity contribution in [3.63, 3.8) is 0 Å². The zero-order valence-electron chi connectivity index (χ0n) is 5.55. The first-order chi connectivity index (χ1) is 4.34. The van der Waals surface area contributed by atoms with Gasteiger partial charge < -0.3 is 0 Å². The van der Waals surface area contributed by atoms with E-state index in [0.29, 0.717) is 0 Å². The standard InChI is InChI=1S/C8H11F/c1-2-7-5-3-4-6-8(7)9/h3-8H,2H2,1H3. The number of allylic oxidation sites excluding steroid dienone is 4. The van der Waals surface area contributed by atoms with E-state index >= 15 is 0 Å². The van der Waals surface area contributed by atoms with Crippen LogP contribution in [0.1, 0.15) is 13.3 Å². The first-order valence-corrected chi connectivity index (χ1v) is 3.33. The van der Waals surface area contributed by atoms with Crippen molar-refractivity contribution in [2.75, 3.05) is 0 Å². The van der Waals surface area contributed by atoms with Crippen molar-refractivity contribution in [2.45, 2.75) is 19.5 Å². The molecule has 0 heterocycles. The molecule has 0 aromatic rings. The Hall–Kier alpha value is -0.590. The number of hydrogen-bond donors (Lipinski definition) is 0. The van der Waals surface area contributed by atoms with E-state index in [1.807, 2.05) is 19.1 Å². The second kappa shape index (κ2) is 2.81. The molecule has 1 aliphatic carbocycles. The third kappa shape index (κ3) is 1.41. The monoisotopic (exact) mass is 126 g/mol. The Bertz CT molecular complexity index is 136. The molecule has 0 spiro atoms. The van der Waals surface area contributed by atoms with Crippen LogP contribution in [0.25, 0.3) is 0 Å². The van der Waals surface area contributed by atoms with E-state index in [1.54, 1.807) is 12.2 Å². The SMILES string of the molecule is CCC1C=CC=CC1F. The molecule has 0 N–H and O–H groups in total. The fourth-order valence-corrected chi connectivity index (χ4v) is 0.987. The molecular weight excluding hydrogens is 115 g/mol. The molecule has 0 radical (unpaired) electrons. The topological polar surface area (TPSA) is 0 Å². The lowest BCUT2D eigenvalue weighted by molar-refractivity contribution is 0.313. The maximum Gasteiger partial charge on any atom is 0.125 e. The van der Waals surface area contributed by atoms with Crippen LogP contribution < -0.4 is 0 Å². The van der Waals surface area contributed by atoms with Gasteiger partial charge in [-0.25, -0.2) is 4.39 Å². The van der Waals surface area contributed by atoms with Gasteiger partial charge in [0.2, 0.25) is 0 Å². The highest BCUT2D eigenvalue weighted by molar-refractivity contribution is 5.14. The molecule has 0 aromatic heterocycles. The minimum atomic E-state index is -0.750. The minimum absolute atomic E-state index is 0.120. The Morgan fingerprint density at radius 2 is 2.00 bits per heavy atom. The summed E-state index contributed by atoms with van der Waals surface area (Å²) in [6.07, 6.45) is 7.34. The summed E-state index contributed by atoms with van der Waals surface area (Å²) in [6, 6.07) is 0. The van der Waals surface area contributed by atoms with Gasteiger partial charge in [-0.1, -0.05) is 31.2 Å². The Kier molecular flexibility index (Phi) is 2.04. The van der Waals surface area contributed by atoms with Gasteiger partial charge in [0.05, 0.1) is 0 Å². The summed E-state index contributed by atoms with van der Waals surface area (Å²) in [6.45, 7) is 2.00. The molecule has 2 unspecified atom stereocenters. The average molecular weight is 126 g/mol. The summed E-state index contributed by atoms with van der Waals surface area (Å²) < 4.78 is 12.7. The quantitative estimate of drug-likeness (QED) is 0.506. The third-order valence-electron chi connectivity index (χ3n) is 1.64. The summed E-state index contributed by atoms with van der Waals surface area (Å²) in [5, 5.41) is 0. The van der Waals surface area contributed by atoms with Crippen LogP contribution in [0.3, 0.4) is 0 Å². The zero-order chi connectivity index (χ0) is 6.69. The van der Waals surface area contributed by atoms with Crippen LogP contribution in [-0.4, -0.2) is 6.17 Å². The van der Waals surface area contributed by atoms with E-state index in [9.17, 15) is 4.39 Å². The van der Waals surface area contributed by atoms with E-state index in [-0.39, 0.29) is 5.92 Å². The molecule has 1 heteroatoms. The van der Waals surface area contributed by atoms with Crippen molar-refractivity contribution in [3.8, 4) is 0 Å². The predicted octanol–water partition coefficient (Wildman–Crippen LogP) is 2.48. The molecule has 0 saturated carbocycles. The zero-order valence-corrected chi connectivity index (χ0v) is 5.55. The molecule has 1 aliphatic rings. The molecule has 0 fully saturated rings. The van der Waals surface area contributed by atoms with E-state index < -0.39 is 6.17 Å². The van der Waals surface area contributed by atoms with E-state index in [0.717, 1.165) is 6.42 Å². The normalized spacial score (nSPS) is 33.1. The molecule has 50 valence electrons. The summed E-state index contributed by atoms with van der Waals surface area (Å²) >= 11 is 0. The van der Waals surface area contributed by atoms with Crippen molar-refractivity contribution >= 4 is 0 Å². The third-order valence-corrected chi connectivity index (χ3v) is 1.64. The number of hydrogen-bond acceptors (Lipinski definition) is 0. The maximum atomic E-state index is 12.7. The molecule has 0 amide bonds. The number of rotatable bonds is 1. The van der Waals surface area contributed by atoms with Gasteiger partial charge >= 0.3 is 0 Å². The molecule has 9 heavy (non-hydrogen) atoms. The molecule has 2 atom stereocenters. The van der Waals surface area contributed by atoms with Gasteiger partial charge in [-0.3, -0.25) is 0 Å². The highest BCUT2D eigenvalue weighted by atomic mass is 19.1. The van der Waals surface area contributed by atoms with Crippen molar-refractivity contribution in [1.82, 2.24) is 0 Å². The first kappa shape index (κ1) is 6.53. The van der Waals surface area contributed by atoms with Crippen LogP contribution in [0.2, 0.25) is 0 Å². The van der Waals surface area contributed by atoms with Crippen molar-refractivity contribution in [1.29, 1.82) is 0 Å². The molecule has 0 nitrogen and oxygen atoms in total. The van der Waals surface area contributed by atoms with Crippen molar-refractivity contribution in [3.05, 3.63) is 24.3 Å². The van der Waals surface area contributed by atoms with Crippen LogP contribution in [0.15, 0.2) is 24.3 Å². The molecular formula is C8H11F.